The van der Waals surface area contributed by atoms with Gasteiger partial charge in [-0.3, -0.25) is 4.79 Å². The van der Waals surface area contributed by atoms with Crippen LogP contribution in [0.15, 0.2) is 0 Å². The standard InChI is InChI=1S/C11H21N3O2/c1-8(14-11(12)16)10(15)13-7-9-5-3-2-4-6-9/h8-9H,2-7H2,1H3,(H,13,15)(H3,12,14,16). The minimum absolute atomic E-state index is 0.163. The molecule has 0 aromatic rings. The van der Waals surface area contributed by atoms with Crippen molar-refractivity contribution in [3.05, 3.63) is 0 Å². The third-order valence-corrected chi connectivity index (χ3v) is 3.04. The van der Waals surface area contributed by atoms with Crippen LogP contribution >= 0.6 is 0 Å². The number of carbonyl (C=O) groups excluding carboxylic acids is 2. The van der Waals surface area contributed by atoms with Crippen LogP contribution in [0.5, 0.6) is 0 Å². The Morgan fingerprint density at radius 3 is 2.50 bits per heavy atom. The summed E-state index contributed by atoms with van der Waals surface area (Å²) in [6.07, 6.45) is 6.21. The van der Waals surface area contributed by atoms with E-state index < -0.39 is 12.1 Å². The second-order valence-corrected chi connectivity index (χ2v) is 4.48. The minimum Gasteiger partial charge on any atom is -0.354 e. The van der Waals surface area contributed by atoms with Gasteiger partial charge in [-0.05, 0) is 25.7 Å². The Morgan fingerprint density at radius 1 is 1.31 bits per heavy atom. The van der Waals surface area contributed by atoms with Crippen molar-refractivity contribution >= 4 is 11.9 Å². The summed E-state index contributed by atoms with van der Waals surface area (Å²) in [5, 5.41) is 5.21. The van der Waals surface area contributed by atoms with Crippen molar-refractivity contribution in [3.63, 3.8) is 0 Å². The van der Waals surface area contributed by atoms with E-state index in [-0.39, 0.29) is 5.91 Å². The number of carbonyl (C=O) groups is 2. The average molecular weight is 227 g/mol. The molecule has 1 fully saturated rings. The SMILES string of the molecule is CC(NC(N)=O)C(=O)NCC1CCCCC1. The minimum atomic E-state index is -0.666. The summed E-state index contributed by atoms with van der Waals surface area (Å²) in [6, 6.07) is -1.22. The Bertz CT molecular complexity index is 250. The van der Waals surface area contributed by atoms with Gasteiger partial charge in [0.1, 0.15) is 6.04 Å². The van der Waals surface area contributed by atoms with Gasteiger partial charge in [-0.25, -0.2) is 4.79 Å². The Hall–Kier alpha value is -1.26. The van der Waals surface area contributed by atoms with E-state index in [0.29, 0.717) is 12.5 Å². The first kappa shape index (κ1) is 12.8. The zero-order valence-electron chi connectivity index (χ0n) is 9.79. The molecule has 1 rings (SSSR count). The number of nitrogens with one attached hydrogen (secondary N) is 2. The Balaban J connectivity index is 2.20. The van der Waals surface area contributed by atoms with Crippen LogP contribution in [0.2, 0.25) is 0 Å². The van der Waals surface area contributed by atoms with E-state index in [1.165, 1.54) is 32.1 Å². The average Bonchev–Trinajstić information content (AvgIpc) is 2.26. The molecule has 1 atom stereocenters. The largest absolute Gasteiger partial charge is 0.354 e. The predicted molar refractivity (Wildman–Crippen MR) is 61.8 cm³/mol. The van der Waals surface area contributed by atoms with Gasteiger partial charge in [-0.15, -0.1) is 0 Å². The van der Waals surface area contributed by atoms with Gasteiger partial charge >= 0.3 is 6.03 Å². The number of primary amides is 1. The molecule has 0 saturated heterocycles. The Morgan fingerprint density at radius 2 is 1.94 bits per heavy atom. The molecule has 4 N–H and O–H groups in total. The van der Waals surface area contributed by atoms with Crippen LogP contribution in [0.25, 0.3) is 0 Å². The highest BCUT2D eigenvalue weighted by atomic mass is 16.2. The summed E-state index contributed by atoms with van der Waals surface area (Å²) < 4.78 is 0. The lowest BCUT2D eigenvalue weighted by atomic mass is 9.89. The molecule has 92 valence electrons. The van der Waals surface area contributed by atoms with E-state index in [1.807, 2.05) is 0 Å². The van der Waals surface area contributed by atoms with Crippen LogP contribution in [0.1, 0.15) is 39.0 Å². The van der Waals surface area contributed by atoms with Crippen molar-refractivity contribution in [2.45, 2.75) is 45.1 Å². The first-order valence-electron chi connectivity index (χ1n) is 5.93. The van der Waals surface area contributed by atoms with Crippen molar-refractivity contribution in [3.8, 4) is 0 Å². The highest BCUT2D eigenvalue weighted by molar-refractivity contribution is 5.86. The number of urea groups is 1. The van der Waals surface area contributed by atoms with E-state index in [9.17, 15) is 9.59 Å². The lowest BCUT2D eigenvalue weighted by Crippen LogP contribution is -2.47. The normalized spacial score (nSPS) is 18.8. The number of rotatable bonds is 4. The smallest absolute Gasteiger partial charge is 0.312 e. The molecule has 0 bridgehead atoms. The maximum absolute atomic E-state index is 11.5. The first-order valence-corrected chi connectivity index (χ1v) is 5.93. The summed E-state index contributed by atoms with van der Waals surface area (Å²) in [4.78, 5) is 22.1. The van der Waals surface area contributed by atoms with Gasteiger partial charge in [0.15, 0.2) is 0 Å². The van der Waals surface area contributed by atoms with Crippen molar-refractivity contribution in [1.82, 2.24) is 10.6 Å². The summed E-state index contributed by atoms with van der Waals surface area (Å²) in [5.41, 5.74) is 4.94. The second kappa shape index (κ2) is 6.35. The molecule has 0 aromatic heterocycles. The van der Waals surface area contributed by atoms with Gasteiger partial charge in [0.2, 0.25) is 5.91 Å². The predicted octanol–water partition coefficient (Wildman–Crippen LogP) is 0.740. The number of hydrogen-bond donors (Lipinski definition) is 3. The van der Waals surface area contributed by atoms with E-state index in [2.05, 4.69) is 10.6 Å². The number of hydrogen-bond acceptors (Lipinski definition) is 2. The van der Waals surface area contributed by atoms with Crippen LogP contribution in [-0.4, -0.2) is 24.5 Å². The lowest BCUT2D eigenvalue weighted by molar-refractivity contribution is -0.122. The molecule has 0 aromatic carbocycles. The summed E-state index contributed by atoms with van der Waals surface area (Å²) in [5.74, 6) is 0.433. The van der Waals surface area contributed by atoms with Crippen molar-refractivity contribution in [1.29, 1.82) is 0 Å². The fourth-order valence-corrected chi connectivity index (χ4v) is 2.07. The topological polar surface area (TPSA) is 84.2 Å². The molecule has 1 aliphatic carbocycles. The molecule has 5 heteroatoms. The first-order chi connectivity index (χ1) is 7.59. The van der Waals surface area contributed by atoms with Gasteiger partial charge in [0.25, 0.3) is 0 Å². The van der Waals surface area contributed by atoms with Crippen LogP contribution < -0.4 is 16.4 Å². The molecule has 0 heterocycles. The van der Waals surface area contributed by atoms with E-state index >= 15 is 0 Å². The van der Waals surface area contributed by atoms with Crippen LogP contribution in [0.3, 0.4) is 0 Å². The molecule has 3 amide bonds. The molecule has 5 nitrogen and oxygen atoms in total. The molecule has 1 aliphatic rings. The molecule has 1 unspecified atom stereocenters. The van der Waals surface area contributed by atoms with Crippen LogP contribution in [0, 0.1) is 5.92 Å². The van der Waals surface area contributed by atoms with Crippen LogP contribution in [0.4, 0.5) is 4.79 Å². The monoisotopic (exact) mass is 227 g/mol. The van der Waals surface area contributed by atoms with Crippen molar-refractivity contribution in [2.24, 2.45) is 11.7 Å². The molecule has 16 heavy (non-hydrogen) atoms. The molecule has 0 spiro atoms. The Labute approximate surface area is 96.1 Å². The quantitative estimate of drug-likeness (QED) is 0.661. The molecular formula is C11H21N3O2. The van der Waals surface area contributed by atoms with Gasteiger partial charge in [-0.2, -0.15) is 0 Å². The number of amides is 3. The Kier molecular flexibility index (Phi) is 5.08. The van der Waals surface area contributed by atoms with Gasteiger partial charge < -0.3 is 16.4 Å². The maximum Gasteiger partial charge on any atom is 0.312 e. The van der Waals surface area contributed by atoms with Gasteiger partial charge in [-0.1, -0.05) is 19.3 Å². The molecular weight excluding hydrogens is 206 g/mol. The zero-order chi connectivity index (χ0) is 12.0. The van der Waals surface area contributed by atoms with Crippen molar-refractivity contribution in [2.75, 3.05) is 6.54 Å². The second-order valence-electron chi connectivity index (χ2n) is 4.48. The highest BCUT2D eigenvalue weighted by Gasteiger charge is 2.17. The summed E-state index contributed by atoms with van der Waals surface area (Å²) in [7, 11) is 0. The third-order valence-electron chi connectivity index (χ3n) is 3.04. The van der Waals surface area contributed by atoms with E-state index in [0.717, 1.165) is 0 Å². The fraction of sp³-hybridized carbons (Fsp3) is 0.818. The fourth-order valence-electron chi connectivity index (χ4n) is 2.07. The molecule has 0 aliphatic heterocycles. The van der Waals surface area contributed by atoms with Crippen molar-refractivity contribution < 1.29 is 9.59 Å². The molecule has 0 radical (unpaired) electrons. The van der Waals surface area contributed by atoms with E-state index in [1.54, 1.807) is 6.92 Å². The van der Waals surface area contributed by atoms with E-state index in [4.69, 9.17) is 5.73 Å². The lowest BCUT2D eigenvalue weighted by Gasteiger charge is -2.22. The summed E-state index contributed by atoms with van der Waals surface area (Å²) >= 11 is 0. The number of nitrogens with two attached hydrogens (primary N) is 1. The molecule has 1 saturated carbocycles. The van der Waals surface area contributed by atoms with Gasteiger partial charge in [0.05, 0.1) is 0 Å². The summed E-state index contributed by atoms with van der Waals surface area (Å²) in [6.45, 7) is 2.34. The van der Waals surface area contributed by atoms with Crippen LogP contribution in [-0.2, 0) is 4.79 Å². The zero-order valence-corrected chi connectivity index (χ0v) is 9.79. The van der Waals surface area contributed by atoms with Gasteiger partial charge in [0, 0.05) is 6.54 Å². The highest BCUT2D eigenvalue weighted by Crippen LogP contribution is 2.22. The third kappa shape index (κ3) is 4.51. The maximum atomic E-state index is 11.5.